The predicted molar refractivity (Wildman–Crippen MR) is 103 cm³/mol. The first kappa shape index (κ1) is 21.7. The molecule has 0 fully saturated rings. The molecule has 1 N–H and O–H groups in total. The van der Waals surface area contributed by atoms with Crippen LogP contribution in [0.3, 0.4) is 0 Å². The highest BCUT2D eigenvalue weighted by Gasteiger charge is 2.35. The molecule has 0 saturated carbocycles. The predicted octanol–water partition coefficient (Wildman–Crippen LogP) is 4.12. The van der Waals surface area contributed by atoms with Gasteiger partial charge in [0, 0.05) is 30.8 Å². The topological polar surface area (TPSA) is 71.5 Å². The Morgan fingerprint density at radius 3 is 2.72 bits per heavy atom. The number of sulfonamides is 1. The highest BCUT2D eigenvalue weighted by Crippen LogP contribution is 2.38. The quantitative estimate of drug-likeness (QED) is 0.695. The smallest absolute Gasteiger partial charge is 0.245 e. The van der Waals surface area contributed by atoms with Crippen molar-refractivity contribution in [1.29, 1.82) is 0 Å². The van der Waals surface area contributed by atoms with E-state index in [2.05, 4.69) is 9.71 Å². The van der Waals surface area contributed by atoms with Crippen molar-refractivity contribution in [2.45, 2.75) is 36.6 Å². The average Bonchev–Trinajstić information content (AvgIpc) is 2.72. The van der Waals surface area contributed by atoms with Crippen molar-refractivity contribution in [1.82, 2.24) is 9.71 Å². The SMILES string of the molecule is COc1cc2c(nc1Cl)N(c1cccc(F)c1)C[C@@H](CCC(C)(F)F)NS2(=O)=O. The van der Waals surface area contributed by atoms with E-state index in [0.717, 1.165) is 6.92 Å². The molecule has 0 bridgehead atoms. The number of benzene rings is 1. The van der Waals surface area contributed by atoms with E-state index in [1.807, 2.05) is 0 Å². The monoisotopic (exact) mass is 449 g/mol. The Bertz CT molecular complexity index is 1020. The Labute approximate surface area is 171 Å². The minimum atomic E-state index is -4.13. The minimum Gasteiger partial charge on any atom is -0.493 e. The standard InChI is InChI=1S/C18H19ClF3N3O3S/c1-18(21,22)7-6-12-10-25(13-5-3-4-11(20)8-13)17-15(29(26,27)24-12)9-14(28-2)16(19)23-17/h3-5,8-9,12,24H,6-7,10H2,1-2H3/t12-/m1/s1. The van der Waals surface area contributed by atoms with Crippen LogP contribution in [0.25, 0.3) is 0 Å². The summed E-state index contributed by atoms with van der Waals surface area (Å²) in [4.78, 5) is 5.35. The third-order valence-corrected chi connectivity index (χ3v) is 6.23. The Morgan fingerprint density at radius 2 is 2.10 bits per heavy atom. The molecule has 1 aliphatic rings. The number of methoxy groups -OCH3 is 1. The fraction of sp³-hybridized carbons (Fsp3) is 0.389. The number of rotatable bonds is 5. The van der Waals surface area contributed by atoms with Gasteiger partial charge in [0.05, 0.1) is 7.11 Å². The minimum absolute atomic E-state index is 0.0357. The van der Waals surface area contributed by atoms with Crippen molar-refractivity contribution in [3.05, 3.63) is 41.3 Å². The number of aromatic nitrogens is 1. The molecule has 0 aliphatic carbocycles. The van der Waals surface area contributed by atoms with Gasteiger partial charge in [-0.15, -0.1) is 0 Å². The highest BCUT2D eigenvalue weighted by atomic mass is 35.5. The maximum atomic E-state index is 13.8. The van der Waals surface area contributed by atoms with Crippen LogP contribution >= 0.6 is 11.6 Å². The molecule has 0 unspecified atom stereocenters. The van der Waals surface area contributed by atoms with Crippen LogP contribution in [0.15, 0.2) is 35.2 Å². The molecule has 158 valence electrons. The maximum Gasteiger partial charge on any atom is 0.245 e. The number of hydrogen-bond acceptors (Lipinski definition) is 5. The van der Waals surface area contributed by atoms with Crippen LogP contribution in [0.5, 0.6) is 5.75 Å². The van der Waals surface area contributed by atoms with Crippen molar-refractivity contribution < 1.29 is 26.3 Å². The van der Waals surface area contributed by atoms with E-state index >= 15 is 0 Å². The van der Waals surface area contributed by atoms with Crippen LogP contribution in [0.1, 0.15) is 19.8 Å². The second-order valence-corrected chi connectivity index (χ2v) is 8.86. The first-order valence-corrected chi connectivity index (χ1v) is 10.5. The average molecular weight is 450 g/mol. The summed E-state index contributed by atoms with van der Waals surface area (Å²) < 4.78 is 73.9. The van der Waals surface area contributed by atoms with Gasteiger partial charge >= 0.3 is 0 Å². The molecule has 1 aromatic heterocycles. The van der Waals surface area contributed by atoms with Crippen molar-refractivity contribution in [3.8, 4) is 5.75 Å². The van der Waals surface area contributed by atoms with E-state index in [-0.39, 0.29) is 34.6 Å². The Hall–Kier alpha value is -2.04. The van der Waals surface area contributed by atoms with Gasteiger partial charge in [0.2, 0.25) is 15.9 Å². The molecule has 3 rings (SSSR count). The zero-order valence-corrected chi connectivity index (χ0v) is 17.2. The lowest BCUT2D eigenvalue weighted by Gasteiger charge is -2.27. The van der Waals surface area contributed by atoms with Crippen molar-refractivity contribution in [2.24, 2.45) is 0 Å². The molecule has 2 aromatic rings. The molecule has 0 saturated heterocycles. The first-order chi connectivity index (χ1) is 13.5. The lowest BCUT2D eigenvalue weighted by Crippen LogP contribution is -2.40. The lowest BCUT2D eigenvalue weighted by atomic mass is 10.1. The second kappa shape index (κ2) is 8.00. The van der Waals surface area contributed by atoms with Gasteiger partial charge in [0.25, 0.3) is 0 Å². The van der Waals surface area contributed by atoms with Gasteiger partial charge in [0.1, 0.15) is 10.7 Å². The molecule has 1 atom stereocenters. The maximum absolute atomic E-state index is 13.8. The first-order valence-electron chi connectivity index (χ1n) is 8.68. The summed E-state index contributed by atoms with van der Waals surface area (Å²) in [6.45, 7) is 0.727. The van der Waals surface area contributed by atoms with Crippen molar-refractivity contribution in [3.63, 3.8) is 0 Å². The number of halogens is 4. The summed E-state index contributed by atoms with van der Waals surface area (Å²) in [5.74, 6) is -3.51. The summed E-state index contributed by atoms with van der Waals surface area (Å²) in [6, 6.07) is 5.80. The summed E-state index contributed by atoms with van der Waals surface area (Å²) in [5, 5.41) is -0.0820. The third kappa shape index (κ3) is 4.93. The van der Waals surface area contributed by atoms with E-state index in [4.69, 9.17) is 16.3 Å². The number of anilines is 2. The number of ether oxygens (including phenoxy) is 1. The van der Waals surface area contributed by atoms with Crippen LogP contribution < -0.4 is 14.4 Å². The van der Waals surface area contributed by atoms with Crippen LogP contribution in [0, 0.1) is 5.82 Å². The summed E-state index contributed by atoms with van der Waals surface area (Å²) in [6.07, 6.45) is -0.654. The van der Waals surface area contributed by atoms with Gasteiger partial charge in [-0.1, -0.05) is 17.7 Å². The molecular weight excluding hydrogens is 431 g/mol. The summed E-state index contributed by atoms with van der Waals surface area (Å²) in [5.41, 5.74) is 0.312. The van der Waals surface area contributed by atoms with E-state index in [1.54, 1.807) is 6.07 Å². The number of nitrogens with one attached hydrogen (secondary N) is 1. The number of hydrogen-bond donors (Lipinski definition) is 1. The zero-order chi connectivity index (χ0) is 21.4. The normalized spacial score (nSPS) is 18.8. The van der Waals surface area contributed by atoms with Crippen molar-refractivity contribution in [2.75, 3.05) is 18.6 Å². The second-order valence-electron chi connectivity index (χ2n) is 6.82. The molecule has 0 amide bonds. The number of fused-ring (bicyclic) bond motifs is 1. The van der Waals surface area contributed by atoms with Crippen molar-refractivity contribution >= 4 is 33.1 Å². The fourth-order valence-corrected chi connectivity index (χ4v) is 4.69. The molecule has 11 heteroatoms. The van der Waals surface area contributed by atoms with Crippen LogP contribution in [0.2, 0.25) is 5.15 Å². The Morgan fingerprint density at radius 1 is 1.38 bits per heavy atom. The highest BCUT2D eigenvalue weighted by molar-refractivity contribution is 7.89. The summed E-state index contributed by atoms with van der Waals surface area (Å²) in [7, 11) is -2.82. The van der Waals surface area contributed by atoms with Gasteiger partial charge in [-0.05, 0) is 31.5 Å². The Balaban J connectivity index is 2.14. The van der Waals surface area contributed by atoms with Crippen LogP contribution in [-0.2, 0) is 10.0 Å². The number of nitrogens with zero attached hydrogens (tertiary/aromatic N) is 2. The lowest BCUT2D eigenvalue weighted by molar-refractivity contribution is 0.00907. The molecule has 0 radical (unpaired) electrons. The van der Waals surface area contributed by atoms with Gasteiger partial charge < -0.3 is 9.64 Å². The molecule has 6 nitrogen and oxygen atoms in total. The van der Waals surface area contributed by atoms with E-state index in [9.17, 15) is 21.6 Å². The van der Waals surface area contributed by atoms with Crippen LogP contribution in [0.4, 0.5) is 24.7 Å². The van der Waals surface area contributed by atoms with E-state index in [0.29, 0.717) is 5.69 Å². The van der Waals surface area contributed by atoms with Gasteiger partial charge in [0.15, 0.2) is 16.7 Å². The molecule has 1 aromatic carbocycles. The molecule has 29 heavy (non-hydrogen) atoms. The van der Waals surface area contributed by atoms with Crippen LogP contribution in [-0.4, -0.2) is 39.0 Å². The largest absolute Gasteiger partial charge is 0.493 e. The Kier molecular flexibility index (Phi) is 5.98. The van der Waals surface area contributed by atoms with Gasteiger partial charge in [-0.25, -0.2) is 31.3 Å². The zero-order valence-electron chi connectivity index (χ0n) is 15.6. The fourth-order valence-electron chi connectivity index (χ4n) is 3.06. The van der Waals surface area contributed by atoms with Gasteiger partial charge in [-0.3, -0.25) is 0 Å². The molecule has 2 heterocycles. The van der Waals surface area contributed by atoms with E-state index < -0.39 is 34.2 Å². The number of pyridine rings is 1. The third-order valence-electron chi connectivity index (χ3n) is 4.43. The van der Waals surface area contributed by atoms with E-state index in [1.165, 1.54) is 36.3 Å². The summed E-state index contributed by atoms with van der Waals surface area (Å²) >= 11 is 6.10. The number of alkyl halides is 2. The van der Waals surface area contributed by atoms with Gasteiger partial charge in [-0.2, -0.15) is 0 Å². The molecule has 1 aliphatic heterocycles. The molecular formula is C18H19ClF3N3O3S. The molecule has 0 spiro atoms.